The van der Waals surface area contributed by atoms with Crippen LogP contribution in [0.2, 0.25) is 0 Å². The van der Waals surface area contributed by atoms with Gasteiger partial charge in [0.15, 0.2) is 0 Å². The smallest absolute Gasteiger partial charge is 0.123 e. The molecule has 1 saturated heterocycles. The lowest BCUT2D eigenvalue weighted by atomic mass is 9.96. The van der Waals surface area contributed by atoms with Crippen LogP contribution < -0.4 is 5.32 Å². The molecule has 0 amide bonds. The first kappa shape index (κ1) is 15.5. The van der Waals surface area contributed by atoms with Gasteiger partial charge in [0.1, 0.15) is 5.82 Å². The molecule has 0 saturated carbocycles. The van der Waals surface area contributed by atoms with Gasteiger partial charge in [-0.3, -0.25) is 4.90 Å². The average Bonchev–Trinajstić information content (AvgIpc) is 2.47. The molecule has 0 bridgehead atoms. The Balaban J connectivity index is 2.02. The summed E-state index contributed by atoms with van der Waals surface area (Å²) in [6.45, 7) is 8.91. The predicted molar refractivity (Wildman–Crippen MR) is 82.3 cm³/mol. The van der Waals surface area contributed by atoms with Gasteiger partial charge in [-0.05, 0) is 69.4 Å². The van der Waals surface area contributed by atoms with Crippen LogP contribution in [0.4, 0.5) is 4.39 Å². The zero-order chi connectivity index (χ0) is 14.4. The number of benzene rings is 1. The normalized spacial score (nSPS) is 18.4. The van der Waals surface area contributed by atoms with Crippen LogP contribution in [0.15, 0.2) is 24.3 Å². The highest BCUT2D eigenvalue weighted by Crippen LogP contribution is 2.24. The minimum atomic E-state index is -0.132. The van der Waals surface area contributed by atoms with Crippen LogP contribution in [0.5, 0.6) is 0 Å². The second-order valence-electron chi connectivity index (χ2n) is 5.92. The first-order valence-corrected chi connectivity index (χ1v) is 7.91. The number of nitrogens with one attached hydrogen (secondary N) is 1. The van der Waals surface area contributed by atoms with Crippen LogP contribution in [0.1, 0.15) is 44.7 Å². The van der Waals surface area contributed by atoms with Crippen molar-refractivity contribution in [3.63, 3.8) is 0 Å². The molecule has 1 atom stereocenters. The molecular formula is C17H27FN2. The summed E-state index contributed by atoms with van der Waals surface area (Å²) in [5.41, 5.74) is 1.09. The lowest BCUT2D eigenvalue weighted by Crippen LogP contribution is -2.37. The second-order valence-corrected chi connectivity index (χ2v) is 5.92. The van der Waals surface area contributed by atoms with E-state index < -0.39 is 0 Å². The Labute approximate surface area is 122 Å². The predicted octanol–water partition coefficient (Wildman–Crippen LogP) is 3.60. The van der Waals surface area contributed by atoms with Gasteiger partial charge in [0.05, 0.1) is 0 Å². The summed E-state index contributed by atoms with van der Waals surface area (Å²) in [7, 11) is 0. The van der Waals surface area contributed by atoms with E-state index in [1.165, 1.54) is 18.9 Å². The Kier molecular flexibility index (Phi) is 5.99. The monoisotopic (exact) mass is 278 g/mol. The minimum absolute atomic E-state index is 0.132. The van der Waals surface area contributed by atoms with Crippen molar-refractivity contribution in [2.24, 2.45) is 5.92 Å². The molecule has 0 aromatic heterocycles. The quantitative estimate of drug-likeness (QED) is 0.855. The standard InChI is InChI=1S/C17H27FN2/c1-3-11-20(13-15-7-9-19-10-8-15)14(2)16-5-4-6-17(18)12-16/h4-6,12,14-15,19H,3,7-11,13H2,1-2H3. The number of piperidine rings is 1. The molecule has 2 rings (SSSR count). The van der Waals surface area contributed by atoms with Crippen LogP contribution in [0.3, 0.4) is 0 Å². The third kappa shape index (κ3) is 4.29. The number of hydrogen-bond acceptors (Lipinski definition) is 2. The molecule has 1 heterocycles. The second kappa shape index (κ2) is 7.75. The van der Waals surface area contributed by atoms with Crippen molar-refractivity contribution in [3.05, 3.63) is 35.6 Å². The summed E-state index contributed by atoms with van der Waals surface area (Å²) in [4.78, 5) is 2.52. The summed E-state index contributed by atoms with van der Waals surface area (Å²) in [6.07, 6.45) is 3.66. The van der Waals surface area contributed by atoms with Crippen LogP contribution in [-0.4, -0.2) is 31.1 Å². The van der Waals surface area contributed by atoms with Crippen molar-refractivity contribution >= 4 is 0 Å². The highest BCUT2D eigenvalue weighted by atomic mass is 19.1. The molecule has 3 heteroatoms. The fourth-order valence-electron chi connectivity index (χ4n) is 3.10. The van der Waals surface area contributed by atoms with E-state index in [-0.39, 0.29) is 5.82 Å². The maximum Gasteiger partial charge on any atom is 0.123 e. The fourth-order valence-corrected chi connectivity index (χ4v) is 3.10. The maximum absolute atomic E-state index is 13.4. The molecule has 1 aromatic rings. The van der Waals surface area contributed by atoms with Crippen molar-refractivity contribution < 1.29 is 4.39 Å². The molecule has 1 unspecified atom stereocenters. The highest BCUT2D eigenvalue weighted by molar-refractivity contribution is 5.19. The molecule has 0 radical (unpaired) electrons. The van der Waals surface area contributed by atoms with Crippen LogP contribution in [0.25, 0.3) is 0 Å². The van der Waals surface area contributed by atoms with Gasteiger partial charge in [-0.25, -0.2) is 4.39 Å². The lowest BCUT2D eigenvalue weighted by Gasteiger charge is -2.34. The number of halogens is 1. The summed E-state index contributed by atoms with van der Waals surface area (Å²) in [6, 6.07) is 7.35. The number of rotatable bonds is 6. The van der Waals surface area contributed by atoms with Crippen LogP contribution in [-0.2, 0) is 0 Å². The van der Waals surface area contributed by atoms with E-state index >= 15 is 0 Å². The number of nitrogens with zero attached hydrogens (tertiary/aromatic N) is 1. The molecule has 0 aliphatic carbocycles. The van der Waals surface area contributed by atoms with Crippen molar-refractivity contribution in [2.45, 2.75) is 39.2 Å². The molecule has 1 fully saturated rings. The molecule has 0 spiro atoms. The molecule has 1 N–H and O–H groups in total. The first-order chi connectivity index (χ1) is 9.70. The fraction of sp³-hybridized carbons (Fsp3) is 0.647. The van der Waals surface area contributed by atoms with Gasteiger partial charge < -0.3 is 5.32 Å². The van der Waals surface area contributed by atoms with E-state index in [1.54, 1.807) is 6.07 Å². The number of hydrogen-bond donors (Lipinski definition) is 1. The van der Waals surface area contributed by atoms with E-state index in [1.807, 2.05) is 12.1 Å². The van der Waals surface area contributed by atoms with Gasteiger partial charge in [-0.1, -0.05) is 19.1 Å². The van der Waals surface area contributed by atoms with Crippen LogP contribution in [0, 0.1) is 11.7 Å². The summed E-state index contributed by atoms with van der Waals surface area (Å²) in [5.74, 6) is 0.645. The first-order valence-electron chi connectivity index (χ1n) is 7.91. The lowest BCUT2D eigenvalue weighted by molar-refractivity contribution is 0.161. The summed E-state index contributed by atoms with van der Waals surface area (Å²) in [5, 5.41) is 3.42. The molecule has 112 valence electrons. The van der Waals surface area contributed by atoms with Crippen molar-refractivity contribution in [3.8, 4) is 0 Å². The Bertz CT molecular complexity index is 402. The highest BCUT2D eigenvalue weighted by Gasteiger charge is 2.21. The molecule has 1 aliphatic heterocycles. The van der Waals surface area contributed by atoms with E-state index in [9.17, 15) is 4.39 Å². The third-order valence-corrected chi connectivity index (χ3v) is 4.34. The van der Waals surface area contributed by atoms with E-state index in [0.29, 0.717) is 6.04 Å². The van der Waals surface area contributed by atoms with E-state index in [0.717, 1.165) is 44.1 Å². The third-order valence-electron chi connectivity index (χ3n) is 4.34. The zero-order valence-corrected chi connectivity index (χ0v) is 12.7. The summed E-state index contributed by atoms with van der Waals surface area (Å²) < 4.78 is 13.4. The SMILES string of the molecule is CCCN(CC1CCNCC1)C(C)c1cccc(F)c1. The van der Waals surface area contributed by atoms with Gasteiger partial charge in [0.2, 0.25) is 0 Å². The van der Waals surface area contributed by atoms with Crippen LogP contribution >= 0.6 is 0 Å². The van der Waals surface area contributed by atoms with Gasteiger partial charge in [0.25, 0.3) is 0 Å². The van der Waals surface area contributed by atoms with Gasteiger partial charge in [-0.15, -0.1) is 0 Å². The molecule has 1 aliphatic rings. The Morgan fingerprint density at radius 2 is 2.10 bits per heavy atom. The van der Waals surface area contributed by atoms with E-state index in [4.69, 9.17) is 0 Å². The van der Waals surface area contributed by atoms with Gasteiger partial charge in [-0.2, -0.15) is 0 Å². The summed E-state index contributed by atoms with van der Waals surface area (Å²) >= 11 is 0. The van der Waals surface area contributed by atoms with Crippen molar-refractivity contribution in [1.29, 1.82) is 0 Å². The maximum atomic E-state index is 13.4. The Morgan fingerprint density at radius 1 is 1.35 bits per heavy atom. The molecule has 1 aromatic carbocycles. The minimum Gasteiger partial charge on any atom is -0.317 e. The topological polar surface area (TPSA) is 15.3 Å². The average molecular weight is 278 g/mol. The van der Waals surface area contributed by atoms with E-state index in [2.05, 4.69) is 24.1 Å². The Hall–Kier alpha value is -0.930. The molecule has 2 nitrogen and oxygen atoms in total. The van der Waals surface area contributed by atoms with Gasteiger partial charge >= 0.3 is 0 Å². The zero-order valence-electron chi connectivity index (χ0n) is 12.7. The molecular weight excluding hydrogens is 251 g/mol. The Morgan fingerprint density at radius 3 is 2.75 bits per heavy atom. The van der Waals surface area contributed by atoms with Crippen molar-refractivity contribution in [2.75, 3.05) is 26.2 Å². The van der Waals surface area contributed by atoms with Gasteiger partial charge in [0, 0.05) is 12.6 Å². The largest absolute Gasteiger partial charge is 0.317 e. The molecule has 20 heavy (non-hydrogen) atoms. The van der Waals surface area contributed by atoms with Crippen molar-refractivity contribution in [1.82, 2.24) is 10.2 Å².